The summed E-state index contributed by atoms with van der Waals surface area (Å²) < 4.78 is 57.8. The first kappa shape index (κ1) is 26.4. The summed E-state index contributed by atoms with van der Waals surface area (Å²) in [5, 5.41) is 0. The molecule has 3 aromatic rings. The van der Waals surface area contributed by atoms with Gasteiger partial charge in [-0.25, -0.2) is 27.2 Å². The molecule has 196 valence electrons. The Hall–Kier alpha value is -3.71. The number of para-hydroxylation sites is 1. The lowest BCUT2D eigenvalue weighted by atomic mass is 9.94. The monoisotopic (exact) mass is 532 g/mol. The van der Waals surface area contributed by atoms with Gasteiger partial charge in [-0.1, -0.05) is 18.2 Å². The maximum absolute atomic E-state index is 15.2. The van der Waals surface area contributed by atoms with E-state index in [1.807, 2.05) is 35.2 Å². The van der Waals surface area contributed by atoms with Crippen LogP contribution < -0.4 is 14.5 Å². The molecule has 1 aromatic carbocycles. The van der Waals surface area contributed by atoms with E-state index in [0.717, 1.165) is 18.1 Å². The molecule has 1 N–H and O–H groups in total. The van der Waals surface area contributed by atoms with Gasteiger partial charge in [-0.3, -0.25) is 19.4 Å². The van der Waals surface area contributed by atoms with Gasteiger partial charge in [0.15, 0.2) is 5.82 Å². The first-order valence-corrected chi connectivity index (χ1v) is 13.3. The zero-order chi connectivity index (χ0) is 26.5. The predicted molar refractivity (Wildman–Crippen MR) is 134 cm³/mol. The first-order chi connectivity index (χ1) is 17.6. The molecule has 0 atom stereocenters. The second-order valence-electron chi connectivity index (χ2n) is 8.67. The third-order valence-electron chi connectivity index (χ3n) is 5.67. The average molecular weight is 533 g/mol. The predicted octanol–water partition coefficient (Wildman–Crippen LogP) is 2.88. The van der Waals surface area contributed by atoms with Crippen LogP contribution in [0.2, 0.25) is 0 Å². The highest BCUT2D eigenvalue weighted by Gasteiger charge is 2.35. The summed E-state index contributed by atoms with van der Waals surface area (Å²) in [6, 6.07) is 12.2. The summed E-state index contributed by atoms with van der Waals surface area (Å²) in [5.41, 5.74) is -0.910. The van der Waals surface area contributed by atoms with E-state index in [9.17, 15) is 17.6 Å². The zero-order valence-corrected chi connectivity index (χ0v) is 20.9. The van der Waals surface area contributed by atoms with Crippen LogP contribution in [-0.4, -0.2) is 67.5 Å². The van der Waals surface area contributed by atoms with E-state index in [1.165, 1.54) is 6.07 Å². The van der Waals surface area contributed by atoms with Crippen LogP contribution in [0.15, 0.2) is 61.1 Å². The van der Waals surface area contributed by atoms with Crippen molar-refractivity contribution in [3.05, 3.63) is 66.9 Å². The quantitative estimate of drug-likeness (QED) is 0.444. The van der Waals surface area contributed by atoms with Crippen LogP contribution in [0, 0.1) is 5.82 Å². The van der Waals surface area contributed by atoms with Gasteiger partial charge in [-0.05, 0) is 24.3 Å². The number of piperidine rings is 1. The summed E-state index contributed by atoms with van der Waals surface area (Å²) in [6.45, 7) is -0.230. The van der Waals surface area contributed by atoms with Gasteiger partial charge in [0.25, 0.3) is 5.91 Å². The minimum absolute atomic E-state index is 0.120. The lowest BCUT2D eigenvalue weighted by molar-refractivity contribution is -0.125. The Morgan fingerprint density at radius 3 is 2.49 bits per heavy atom. The third kappa shape index (κ3) is 7.17. The van der Waals surface area contributed by atoms with Gasteiger partial charge in [0, 0.05) is 31.6 Å². The summed E-state index contributed by atoms with van der Waals surface area (Å²) in [4.78, 5) is 28.5. The van der Waals surface area contributed by atoms with E-state index in [2.05, 4.69) is 9.97 Å². The molecular formula is C24H26F2N6O4S. The zero-order valence-electron chi connectivity index (χ0n) is 20.0. The molecule has 4 rings (SSSR count). The number of nitrogens with zero attached hydrogens (tertiary/aromatic N) is 5. The summed E-state index contributed by atoms with van der Waals surface area (Å²) in [5.74, 6) is 0.141. The highest BCUT2D eigenvalue weighted by molar-refractivity contribution is 7.89. The average Bonchev–Trinajstić information content (AvgIpc) is 2.86. The number of anilines is 4. The van der Waals surface area contributed by atoms with Crippen molar-refractivity contribution < 1.29 is 26.7 Å². The van der Waals surface area contributed by atoms with E-state index in [1.54, 1.807) is 28.1 Å². The molecular weight excluding hydrogens is 506 g/mol. The van der Waals surface area contributed by atoms with Crippen LogP contribution in [0.3, 0.4) is 0 Å². The van der Waals surface area contributed by atoms with Crippen LogP contribution in [0.5, 0.6) is 0 Å². The largest absolute Gasteiger partial charge is 0.368 e. The Morgan fingerprint density at radius 2 is 1.84 bits per heavy atom. The van der Waals surface area contributed by atoms with Crippen molar-refractivity contribution in [2.45, 2.75) is 18.5 Å². The number of nitrogens with one attached hydrogen (secondary N) is 1. The normalized spacial score (nSPS) is 15.3. The SMILES string of the molecule is CS(=O)(=O)NC(=O)COCC1(F)CCN(c2cncc(N(c3ccccc3)c3ccc(F)cn3)n2)CC1. The molecule has 1 fully saturated rings. The maximum atomic E-state index is 15.2. The number of amides is 1. The number of halogens is 2. The number of benzene rings is 1. The molecule has 37 heavy (non-hydrogen) atoms. The number of aromatic nitrogens is 3. The molecule has 0 unspecified atom stereocenters. The molecule has 2 aromatic heterocycles. The van der Waals surface area contributed by atoms with Gasteiger partial charge < -0.3 is 9.64 Å². The maximum Gasteiger partial charge on any atom is 0.259 e. The molecule has 0 saturated carbocycles. The molecule has 1 saturated heterocycles. The van der Waals surface area contributed by atoms with Crippen LogP contribution in [0.25, 0.3) is 0 Å². The number of hydrogen-bond donors (Lipinski definition) is 1. The van der Waals surface area contributed by atoms with Gasteiger partial charge in [-0.2, -0.15) is 0 Å². The lowest BCUT2D eigenvalue weighted by Gasteiger charge is -2.36. The highest BCUT2D eigenvalue weighted by Crippen LogP contribution is 2.34. The molecule has 0 aliphatic carbocycles. The van der Waals surface area contributed by atoms with Crippen molar-refractivity contribution in [1.29, 1.82) is 0 Å². The number of carbonyl (C=O) groups is 1. The summed E-state index contributed by atoms with van der Waals surface area (Å²) >= 11 is 0. The van der Waals surface area contributed by atoms with E-state index in [0.29, 0.717) is 30.5 Å². The number of ether oxygens (including phenoxy) is 1. The number of sulfonamides is 1. The summed E-state index contributed by atoms with van der Waals surface area (Å²) in [7, 11) is -3.70. The van der Waals surface area contributed by atoms with Gasteiger partial charge in [0.05, 0.1) is 31.5 Å². The topological polar surface area (TPSA) is 118 Å². The van der Waals surface area contributed by atoms with Crippen molar-refractivity contribution in [2.24, 2.45) is 0 Å². The second-order valence-corrected chi connectivity index (χ2v) is 10.4. The second kappa shape index (κ2) is 11.1. The minimum Gasteiger partial charge on any atom is -0.368 e. The molecule has 0 radical (unpaired) electrons. The molecule has 1 amide bonds. The Kier molecular flexibility index (Phi) is 7.93. The van der Waals surface area contributed by atoms with Crippen LogP contribution in [0.4, 0.5) is 31.9 Å². The van der Waals surface area contributed by atoms with Crippen LogP contribution in [0.1, 0.15) is 12.8 Å². The van der Waals surface area contributed by atoms with Crippen molar-refractivity contribution in [3.63, 3.8) is 0 Å². The Balaban J connectivity index is 1.44. The van der Waals surface area contributed by atoms with Gasteiger partial charge in [-0.15, -0.1) is 0 Å². The Morgan fingerprint density at radius 1 is 1.11 bits per heavy atom. The molecule has 0 spiro atoms. The number of hydrogen-bond acceptors (Lipinski definition) is 9. The fraction of sp³-hybridized carbons (Fsp3) is 0.333. The summed E-state index contributed by atoms with van der Waals surface area (Å²) in [6.07, 6.45) is 5.37. The van der Waals surface area contributed by atoms with Crippen molar-refractivity contribution >= 4 is 39.1 Å². The van der Waals surface area contributed by atoms with Crippen LogP contribution >= 0.6 is 0 Å². The van der Waals surface area contributed by atoms with Gasteiger partial charge in [0.1, 0.15) is 29.7 Å². The van der Waals surface area contributed by atoms with Gasteiger partial charge in [0.2, 0.25) is 10.0 Å². The fourth-order valence-corrected chi connectivity index (χ4v) is 4.38. The third-order valence-corrected chi connectivity index (χ3v) is 6.27. The lowest BCUT2D eigenvalue weighted by Crippen LogP contribution is -2.45. The van der Waals surface area contributed by atoms with E-state index >= 15 is 4.39 Å². The van der Waals surface area contributed by atoms with E-state index in [-0.39, 0.29) is 19.4 Å². The van der Waals surface area contributed by atoms with Crippen molar-refractivity contribution in [3.8, 4) is 0 Å². The van der Waals surface area contributed by atoms with E-state index in [4.69, 9.17) is 9.72 Å². The Bertz CT molecular complexity index is 1320. The molecule has 13 heteroatoms. The van der Waals surface area contributed by atoms with Crippen molar-refractivity contribution in [1.82, 2.24) is 19.7 Å². The number of rotatable bonds is 9. The number of carbonyl (C=O) groups excluding carboxylic acids is 1. The number of pyridine rings is 1. The molecule has 1 aliphatic heterocycles. The molecule has 3 heterocycles. The molecule has 1 aliphatic rings. The van der Waals surface area contributed by atoms with Gasteiger partial charge >= 0.3 is 0 Å². The Labute approximate surface area is 213 Å². The fourth-order valence-electron chi connectivity index (χ4n) is 3.91. The highest BCUT2D eigenvalue weighted by atomic mass is 32.2. The smallest absolute Gasteiger partial charge is 0.259 e. The van der Waals surface area contributed by atoms with E-state index < -0.39 is 34.0 Å². The molecule has 10 nitrogen and oxygen atoms in total. The van der Waals surface area contributed by atoms with Crippen LogP contribution in [-0.2, 0) is 19.6 Å². The minimum atomic E-state index is -3.70. The first-order valence-electron chi connectivity index (χ1n) is 11.4. The van der Waals surface area contributed by atoms with Crippen molar-refractivity contribution in [2.75, 3.05) is 42.4 Å². The number of alkyl halides is 1. The standard InChI is InChI=1S/C24H26F2N6O4S/c1-37(34,35)30-23(33)16-36-17-24(26)9-11-31(12-10-24)21-14-27-15-22(29-21)32(19-5-3-2-4-6-19)20-8-7-18(25)13-28-20/h2-8,13-15H,9-12,16-17H2,1H3,(H,30,33). The molecule has 0 bridgehead atoms.